The van der Waals surface area contributed by atoms with E-state index < -0.39 is 10.0 Å². The van der Waals surface area contributed by atoms with Gasteiger partial charge in [-0.15, -0.1) is 24.0 Å². The first-order chi connectivity index (χ1) is 14.0. The molecule has 166 valence electrons. The molecule has 30 heavy (non-hydrogen) atoms. The first kappa shape index (κ1) is 24.6. The summed E-state index contributed by atoms with van der Waals surface area (Å²) in [4.78, 5) is 10.4. The molecule has 0 bridgehead atoms. The van der Waals surface area contributed by atoms with Gasteiger partial charge in [-0.25, -0.2) is 13.4 Å². The number of nitrogens with zero attached hydrogens (tertiary/aromatic N) is 5. The number of ether oxygens (including phenoxy) is 1. The molecule has 0 radical (unpaired) electrons. The molecule has 0 unspecified atom stereocenters. The standard InChI is InChI=1S/C17H23ClN6O4S.HI/c1-19-17(20-5-11-27-16-3-2-14(18)12-21-16)23-6-8-24(9-7-23)29(25,26)13-15-4-10-28-22-15;/h2-4,10,12H,5-9,11,13H2,1H3,(H,19,20);1H. The minimum absolute atomic E-state index is 0. The Balaban J connectivity index is 0.00000320. The molecule has 0 amide bonds. The molecular formula is C17H24ClIN6O4S. The molecule has 1 aliphatic heterocycles. The third-order valence-electron chi connectivity index (χ3n) is 4.30. The van der Waals surface area contributed by atoms with E-state index in [1.54, 1.807) is 25.2 Å². The van der Waals surface area contributed by atoms with Crippen molar-refractivity contribution in [2.75, 3.05) is 46.4 Å². The summed E-state index contributed by atoms with van der Waals surface area (Å²) in [5, 5.41) is 7.45. The van der Waals surface area contributed by atoms with Crippen LogP contribution in [0.1, 0.15) is 5.69 Å². The Hall–Kier alpha value is -1.64. The van der Waals surface area contributed by atoms with Crippen molar-refractivity contribution < 1.29 is 17.7 Å². The lowest BCUT2D eigenvalue weighted by atomic mass is 10.4. The molecular weight excluding hydrogens is 547 g/mol. The van der Waals surface area contributed by atoms with Gasteiger partial charge in [0, 0.05) is 51.6 Å². The second kappa shape index (κ2) is 11.7. The summed E-state index contributed by atoms with van der Waals surface area (Å²) in [7, 11) is -1.74. The van der Waals surface area contributed by atoms with Crippen molar-refractivity contribution >= 4 is 51.6 Å². The Morgan fingerprint density at radius 2 is 2.07 bits per heavy atom. The zero-order valence-electron chi connectivity index (χ0n) is 16.4. The number of halogens is 2. The molecule has 3 rings (SSSR count). The SMILES string of the molecule is CN=C(NCCOc1ccc(Cl)cn1)N1CCN(S(=O)(=O)Cc2ccon2)CC1.I. The van der Waals surface area contributed by atoms with Gasteiger partial charge in [0.1, 0.15) is 18.6 Å². The minimum atomic E-state index is -3.43. The third-order valence-corrected chi connectivity index (χ3v) is 6.34. The average molecular weight is 571 g/mol. The van der Waals surface area contributed by atoms with Crippen LogP contribution in [0.25, 0.3) is 0 Å². The van der Waals surface area contributed by atoms with Gasteiger partial charge in [-0.1, -0.05) is 16.8 Å². The first-order valence-electron chi connectivity index (χ1n) is 9.05. The summed E-state index contributed by atoms with van der Waals surface area (Å²) >= 11 is 5.79. The maximum atomic E-state index is 12.5. The molecule has 0 atom stereocenters. The van der Waals surface area contributed by atoms with E-state index in [0.29, 0.717) is 61.9 Å². The number of pyridine rings is 1. The largest absolute Gasteiger partial charge is 0.476 e. The van der Waals surface area contributed by atoms with Crippen molar-refractivity contribution in [1.82, 2.24) is 24.7 Å². The number of guanidine groups is 1. The average Bonchev–Trinajstić information content (AvgIpc) is 3.22. The lowest BCUT2D eigenvalue weighted by molar-refractivity contribution is 0.256. The molecule has 1 saturated heterocycles. The Bertz CT molecular complexity index is 903. The Labute approximate surface area is 197 Å². The van der Waals surface area contributed by atoms with Gasteiger partial charge in [0.05, 0.1) is 17.3 Å². The van der Waals surface area contributed by atoms with Crippen LogP contribution in [0.2, 0.25) is 5.02 Å². The topological polar surface area (TPSA) is 113 Å². The number of hydrogen-bond donors (Lipinski definition) is 1. The van der Waals surface area contributed by atoms with Crippen molar-refractivity contribution in [1.29, 1.82) is 0 Å². The summed E-state index contributed by atoms with van der Waals surface area (Å²) in [5.41, 5.74) is 0.403. The fraction of sp³-hybridized carbons (Fsp3) is 0.471. The highest BCUT2D eigenvalue weighted by Gasteiger charge is 2.28. The summed E-state index contributed by atoms with van der Waals surface area (Å²) in [6.45, 7) is 2.77. The maximum absolute atomic E-state index is 12.5. The molecule has 10 nitrogen and oxygen atoms in total. The molecule has 0 spiro atoms. The quantitative estimate of drug-likeness (QED) is 0.230. The van der Waals surface area contributed by atoms with E-state index in [1.165, 1.54) is 16.8 Å². The summed E-state index contributed by atoms with van der Waals surface area (Å²) < 4.78 is 36.8. The van der Waals surface area contributed by atoms with Crippen molar-refractivity contribution in [3.05, 3.63) is 41.4 Å². The van der Waals surface area contributed by atoms with Gasteiger partial charge in [0.25, 0.3) is 0 Å². The van der Waals surface area contributed by atoms with Crippen LogP contribution in [0.5, 0.6) is 5.88 Å². The number of aromatic nitrogens is 2. The monoisotopic (exact) mass is 570 g/mol. The number of aliphatic imine (C=N–C) groups is 1. The number of hydrogen-bond acceptors (Lipinski definition) is 7. The van der Waals surface area contributed by atoms with E-state index in [-0.39, 0.29) is 29.7 Å². The zero-order chi connectivity index (χ0) is 20.7. The van der Waals surface area contributed by atoms with Gasteiger partial charge in [-0.05, 0) is 6.07 Å². The zero-order valence-corrected chi connectivity index (χ0v) is 20.3. The van der Waals surface area contributed by atoms with Gasteiger partial charge in [0.15, 0.2) is 5.96 Å². The van der Waals surface area contributed by atoms with E-state index in [2.05, 4.69) is 20.4 Å². The number of sulfonamides is 1. The summed E-state index contributed by atoms with van der Waals surface area (Å²) in [6.07, 6.45) is 2.89. The van der Waals surface area contributed by atoms with Gasteiger partial charge >= 0.3 is 0 Å². The molecule has 0 saturated carbocycles. The fourth-order valence-electron chi connectivity index (χ4n) is 2.87. The van der Waals surface area contributed by atoms with Gasteiger partial charge in [0.2, 0.25) is 15.9 Å². The number of rotatable bonds is 7. The van der Waals surface area contributed by atoms with E-state index in [0.717, 1.165) is 0 Å². The van der Waals surface area contributed by atoms with Crippen LogP contribution in [0.3, 0.4) is 0 Å². The normalized spacial score (nSPS) is 15.5. The second-order valence-electron chi connectivity index (χ2n) is 6.27. The van der Waals surface area contributed by atoms with Crippen molar-refractivity contribution in [3.8, 4) is 5.88 Å². The maximum Gasteiger partial charge on any atom is 0.220 e. The van der Waals surface area contributed by atoms with Crippen molar-refractivity contribution in [2.24, 2.45) is 4.99 Å². The molecule has 0 aromatic carbocycles. The predicted molar refractivity (Wildman–Crippen MR) is 124 cm³/mol. The van der Waals surface area contributed by atoms with Gasteiger partial charge < -0.3 is 19.5 Å². The molecule has 2 aromatic heterocycles. The summed E-state index contributed by atoms with van der Waals surface area (Å²) in [5.74, 6) is 1.04. The van der Waals surface area contributed by atoms with Crippen LogP contribution in [-0.2, 0) is 15.8 Å². The molecule has 2 aromatic rings. The second-order valence-corrected chi connectivity index (χ2v) is 8.68. The third kappa shape index (κ3) is 6.96. The molecule has 13 heteroatoms. The van der Waals surface area contributed by atoms with Gasteiger partial charge in [-0.2, -0.15) is 4.31 Å². The Kier molecular flexibility index (Phi) is 9.58. The first-order valence-corrected chi connectivity index (χ1v) is 11.0. The molecule has 1 N–H and O–H groups in total. The smallest absolute Gasteiger partial charge is 0.220 e. The fourth-order valence-corrected chi connectivity index (χ4v) is 4.40. The van der Waals surface area contributed by atoms with Crippen LogP contribution in [-0.4, -0.2) is 80.1 Å². The van der Waals surface area contributed by atoms with E-state index in [4.69, 9.17) is 20.9 Å². The molecule has 0 aliphatic carbocycles. The van der Waals surface area contributed by atoms with Crippen LogP contribution in [0.15, 0.2) is 40.2 Å². The Morgan fingerprint density at radius 3 is 2.67 bits per heavy atom. The lowest BCUT2D eigenvalue weighted by Crippen LogP contribution is -2.54. The molecule has 3 heterocycles. The van der Waals surface area contributed by atoms with Gasteiger partial charge in [-0.3, -0.25) is 4.99 Å². The summed E-state index contributed by atoms with van der Waals surface area (Å²) in [6, 6.07) is 4.98. The van der Waals surface area contributed by atoms with Crippen LogP contribution < -0.4 is 10.1 Å². The predicted octanol–water partition coefficient (Wildman–Crippen LogP) is 1.44. The van der Waals surface area contributed by atoms with Crippen LogP contribution in [0.4, 0.5) is 0 Å². The minimum Gasteiger partial charge on any atom is -0.476 e. The highest BCUT2D eigenvalue weighted by Crippen LogP contribution is 2.13. The lowest BCUT2D eigenvalue weighted by Gasteiger charge is -2.35. The molecule has 1 aliphatic rings. The van der Waals surface area contributed by atoms with Crippen molar-refractivity contribution in [3.63, 3.8) is 0 Å². The number of nitrogens with one attached hydrogen (secondary N) is 1. The van der Waals surface area contributed by atoms with E-state index in [1.807, 2.05) is 4.90 Å². The highest BCUT2D eigenvalue weighted by molar-refractivity contribution is 14.0. The van der Waals surface area contributed by atoms with Crippen molar-refractivity contribution in [2.45, 2.75) is 5.75 Å². The van der Waals surface area contributed by atoms with Crippen LogP contribution in [0, 0.1) is 0 Å². The van der Waals surface area contributed by atoms with E-state index >= 15 is 0 Å². The van der Waals surface area contributed by atoms with Crippen LogP contribution >= 0.6 is 35.6 Å². The Morgan fingerprint density at radius 1 is 1.30 bits per heavy atom. The highest BCUT2D eigenvalue weighted by atomic mass is 127. The number of piperazine rings is 1. The molecule has 1 fully saturated rings. The van der Waals surface area contributed by atoms with E-state index in [9.17, 15) is 8.42 Å².